The Morgan fingerprint density at radius 2 is 1.93 bits per heavy atom. The molecule has 1 aliphatic carbocycles. The molecular formula is C12H22N2. The average molecular weight is 194 g/mol. The Morgan fingerprint density at radius 3 is 2.43 bits per heavy atom. The molecule has 1 unspecified atom stereocenters. The second-order valence-electron chi connectivity index (χ2n) is 4.33. The maximum absolute atomic E-state index is 8.82. The Bertz CT molecular complexity index is 175. The molecule has 1 saturated carbocycles. The van der Waals surface area contributed by atoms with E-state index in [1.807, 2.05) is 0 Å². The van der Waals surface area contributed by atoms with Crippen molar-refractivity contribution < 1.29 is 0 Å². The quantitative estimate of drug-likeness (QED) is 0.698. The largest absolute Gasteiger partial charge is 0.313 e. The number of hydrogen-bond acceptors (Lipinski definition) is 2. The van der Waals surface area contributed by atoms with Crippen LogP contribution in [-0.4, -0.2) is 12.6 Å². The van der Waals surface area contributed by atoms with Gasteiger partial charge < -0.3 is 5.32 Å². The molecular weight excluding hydrogens is 172 g/mol. The molecule has 1 fully saturated rings. The van der Waals surface area contributed by atoms with Crippen LogP contribution in [0.4, 0.5) is 0 Å². The van der Waals surface area contributed by atoms with Gasteiger partial charge in [-0.3, -0.25) is 0 Å². The number of nitrogens with zero attached hydrogens (tertiary/aromatic N) is 1. The maximum Gasteiger partial charge on any atom is 0.0669 e. The van der Waals surface area contributed by atoms with Gasteiger partial charge in [-0.05, 0) is 19.3 Å². The van der Waals surface area contributed by atoms with Crippen LogP contribution in [0.25, 0.3) is 0 Å². The highest BCUT2D eigenvalue weighted by molar-refractivity contribution is 4.84. The van der Waals surface area contributed by atoms with E-state index in [4.69, 9.17) is 5.26 Å². The van der Waals surface area contributed by atoms with Gasteiger partial charge >= 0.3 is 0 Å². The molecule has 0 spiro atoms. The molecule has 2 nitrogen and oxygen atoms in total. The Labute approximate surface area is 87.7 Å². The molecule has 2 heteroatoms. The minimum absolute atomic E-state index is 0.207. The van der Waals surface area contributed by atoms with Crippen molar-refractivity contribution in [3.05, 3.63) is 0 Å². The summed E-state index contributed by atoms with van der Waals surface area (Å²) in [6.07, 6.45) is 9.10. The fraction of sp³-hybridized carbons (Fsp3) is 0.917. The standard InChI is InChI=1S/C12H22N2/c1-2-11(9-13)10-14-12-7-5-3-4-6-8-12/h11-12,14H,2-8,10H2,1H3. The van der Waals surface area contributed by atoms with Gasteiger partial charge in [0, 0.05) is 12.6 Å². The van der Waals surface area contributed by atoms with E-state index in [9.17, 15) is 0 Å². The Morgan fingerprint density at radius 1 is 1.29 bits per heavy atom. The minimum Gasteiger partial charge on any atom is -0.313 e. The van der Waals surface area contributed by atoms with Gasteiger partial charge in [-0.25, -0.2) is 0 Å². The second-order valence-corrected chi connectivity index (χ2v) is 4.33. The molecule has 0 radical (unpaired) electrons. The SMILES string of the molecule is CCC(C#N)CNC1CCCCCC1. The number of rotatable bonds is 4. The monoisotopic (exact) mass is 194 g/mol. The third-order valence-corrected chi connectivity index (χ3v) is 3.18. The lowest BCUT2D eigenvalue weighted by Crippen LogP contribution is -2.32. The number of nitriles is 1. The van der Waals surface area contributed by atoms with E-state index in [-0.39, 0.29) is 5.92 Å². The zero-order valence-corrected chi connectivity index (χ0v) is 9.26. The van der Waals surface area contributed by atoms with Crippen molar-refractivity contribution in [1.82, 2.24) is 5.32 Å². The molecule has 0 saturated heterocycles. The normalized spacial score (nSPS) is 21.1. The molecule has 0 aromatic rings. The lowest BCUT2D eigenvalue weighted by molar-refractivity contribution is 0.428. The van der Waals surface area contributed by atoms with E-state index in [1.165, 1.54) is 38.5 Å². The van der Waals surface area contributed by atoms with E-state index in [0.717, 1.165) is 13.0 Å². The fourth-order valence-corrected chi connectivity index (χ4v) is 2.07. The maximum atomic E-state index is 8.82. The van der Waals surface area contributed by atoms with Crippen molar-refractivity contribution in [2.75, 3.05) is 6.54 Å². The van der Waals surface area contributed by atoms with Gasteiger partial charge in [-0.15, -0.1) is 0 Å². The molecule has 1 aliphatic rings. The Kier molecular flexibility index (Phi) is 5.63. The summed E-state index contributed by atoms with van der Waals surface area (Å²) in [6.45, 7) is 2.97. The molecule has 1 N–H and O–H groups in total. The average Bonchev–Trinajstić information content (AvgIpc) is 2.48. The van der Waals surface area contributed by atoms with Crippen LogP contribution in [0.15, 0.2) is 0 Å². The van der Waals surface area contributed by atoms with Crippen molar-refractivity contribution in [2.45, 2.75) is 57.9 Å². The lowest BCUT2D eigenvalue weighted by Gasteiger charge is -2.17. The lowest BCUT2D eigenvalue weighted by atomic mass is 10.1. The van der Waals surface area contributed by atoms with E-state index in [0.29, 0.717) is 6.04 Å². The predicted octanol–water partition coefficient (Wildman–Crippen LogP) is 2.85. The van der Waals surface area contributed by atoms with Gasteiger partial charge in [-0.2, -0.15) is 5.26 Å². The highest BCUT2D eigenvalue weighted by Crippen LogP contribution is 2.17. The predicted molar refractivity (Wildman–Crippen MR) is 58.9 cm³/mol. The molecule has 14 heavy (non-hydrogen) atoms. The van der Waals surface area contributed by atoms with Gasteiger partial charge in [0.05, 0.1) is 12.0 Å². The first-order valence-electron chi connectivity index (χ1n) is 5.99. The third kappa shape index (κ3) is 4.11. The van der Waals surface area contributed by atoms with Gasteiger partial charge in [0.2, 0.25) is 0 Å². The van der Waals surface area contributed by atoms with Crippen molar-refractivity contribution in [3.8, 4) is 6.07 Å². The van der Waals surface area contributed by atoms with Gasteiger partial charge in [0.15, 0.2) is 0 Å². The molecule has 0 bridgehead atoms. The first-order valence-corrected chi connectivity index (χ1v) is 5.99. The topological polar surface area (TPSA) is 35.8 Å². The summed E-state index contributed by atoms with van der Waals surface area (Å²) < 4.78 is 0. The van der Waals surface area contributed by atoms with Crippen LogP contribution in [0.3, 0.4) is 0 Å². The molecule has 0 aromatic heterocycles. The fourth-order valence-electron chi connectivity index (χ4n) is 2.07. The zero-order valence-electron chi connectivity index (χ0n) is 9.26. The Balaban J connectivity index is 2.19. The molecule has 0 heterocycles. The smallest absolute Gasteiger partial charge is 0.0669 e. The highest BCUT2D eigenvalue weighted by atomic mass is 14.9. The molecule has 0 aromatic carbocycles. The van der Waals surface area contributed by atoms with E-state index in [2.05, 4.69) is 18.3 Å². The zero-order chi connectivity index (χ0) is 10.2. The highest BCUT2D eigenvalue weighted by Gasteiger charge is 2.13. The van der Waals surface area contributed by atoms with Crippen molar-refractivity contribution in [3.63, 3.8) is 0 Å². The summed E-state index contributed by atoms with van der Waals surface area (Å²) in [5, 5.41) is 12.4. The van der Waals surface area contributed by atoms with Crippen molar-refractivity contribution >= 4 is 0 Å². The van der Waals surface area contributed by atoms with Gasteiger partial charge in [0.1, 0.15) is 0 Å². The molecule has 0 aliphatic heterocycles. The van der Waals surface area contributed by atoms with Crippen molar-refractivity contribution in [2.24, 2.45) is 5.92 Å². The summed E-state index contributed by atoms with van der Waals surface area (Å²) in [4.78, 5) is 0. The second kappa shape index (κ2) is 6.84. The summed E-state index contributed by atoms with van der Waals surface area (Å²) in [5.74, 6) is 0.207. The molecule has 0 amide bonds. The van der Waals surface area contributed by atoms with Crippen LogP contribution >= 0.6 is 0 Å². The summed E-state index contributed by atoms with van der Waals surface area (Å²) in [7, 11) is 0. The van der Waals surface area contributed by atoms with E-state index >= 15 is 0 Å². The molecule has 1 atom stereocenters. The molecule has 1 rings (SSSR count). The van der Waals surface area contributed by atoms with E-state index in [1.54, 1.807) is 0 Å². The van der Waals surface area contributed by atoms with Crippen LogP contribution in [0.5, 0.6) is 0 Å². The van der Waals surface area contributed by atoms with Gasteiger partial charge in [-0.1, -0.05) is 32.6 Å². The van der Waals surface area contributed by atoms with Crippen LogP contribution in [0.2, 0.25) is 0 Å². The Hall–Kier alpha value is -0.550. The summed E-state index contributed by atoms with van der Waals surface area (Å²) >= 11 is 0. The number of hydrogen-bond donors (Lipinski definition) is 1. The van der Waals surface area contributed by atoms with Crippen LogP contribution in [0, 0.1) is 17.2 Å². The summed E-state index contributed by atoms with van der Waals surface area (Å²) in [5.41, 5.74) is 0. The van der Waals surface area contributed by atoms with Gasteiger partial charge in [0.25, 0.3) is 0 Å². The van der Waals surface area contributed by atoms with Crippen molar-refractivity contribution in [1.29, 1.82) is 5.26 Å². The van der Waals surface area contributed by atoms with E-state index < -0.39 is 0 Å². The first-order chi connectivity index (χ1) is 6.86. The minimum atomic E-state index is 0.207. The summed E-state index contributed by atoms with van der Waals surface area (Å²) in [6, 6.07) is 3.02. The first kappa shape index (κ1) is 11.5. The molecule has 80 valence electrons. The number of nitrogens with one attached hydrogen (secondary N) is 1. The van der Waals surface area contributed by atoms with Crippen LogP contribution in [-0.2, 0) is 0 Å². The van der Waals surface area contributed by atoms with Crippen LogP contribution in [0.1, 0.15) is 51.9 Å². The van der Waals surface area contributed by atoms with Crippen LogP contribution < -0.4 is 5.32 Å². The third-order valence-electron chi connectivity index (χ3n) is 3.18.